The largest absolute Gasteiger partial charge is 0.444 e. The lowest BCUT2D eigenvalue weighted by Gasteiger charge is -2.03. The Morgan fingerprint density at radius 1 is 1.27 bits per heavy atom. The van der Waals surface area contributed by atoms with E-state index in [4.69, 9.17) is 4.74 Å². The maximum absolute atomic E-state index is 11.4. The van der Waals surface area contributed by atoms with Gasteiger partial charge in [0.05, 0.1) is 0 Å². The Morgan fingerprint density at radius 3 is 2.73 bits per heavy atom. The van der Waals surface area contributed by atoms with Crippen LogP contribution in [-0.4, -0.2) is 20.6 Å². The van der Waals surface area contributed by atoms with Gasteiger partial charge in [0.15, 0.2) is 0 Å². The Kier molecular flexibility index (Phi) is 2.73. The highest BCUT2D eigenvalue weighted by molar-refractivity contribution is 5.69. The number of rotatable bonds is 2. The van der Waals surface area contributed by atoms with Crippen molar-refractivity contribution in [3.8, 4) is 0 Å². The first-order chi connectivity index (χ1) is 7.36. The molecular formula is C10H9N3O2. The molecule has 2 aromatic rings. The van der Waals surface area contributed by atoms with Gasteiger partial charge < -0.3 is 4.74 Å². The molecule has 0 aliphatic carbocycles. The molecule has 0 fully saturated rings. The van der Waals surface area contributed by atoms with Crippen LogP contribution in [0.25, 0.3) is 0 Å². The Labute approximate surface area is 86.4 Å². The Balaban J connectivity index is 1.92. The van der Waals surface area contributed by atoms with E-state index in [1.165, 1.54) is 23.3 Å². The quantitative estimate of drug-likeness (QED) is 0.741. The number of aromatic nitrogens is 3. The van der Waals surface area contributed by atoms with Gasteiger partial charge in [-0.05, 0) is 17.7 Å². The summed E-state index contributed by atoms with van der Waals surface area (Å²) in [5.74, 6) is 0. The van der Waals surface area contributed by atoms with E-state index in [1.54, 1.807) is 24.5 Å². The molecule has 0 spiro atoms. The van der Waals surface area contributed by atoms with E-state index in [9.17, 15) is 4.79 Å². The van der Waals surface area contributed by atoms with Crippen molar-refractivity contribution in [3.05, 3.63) is 48.8 Å². The van der Waals surface area contributed by atoms with Crippen molar-refractivity contribution in [1.29, 1.82) is 0 Å². The molecule has 0 saturated carbocycles. The van der Waals surface area contributed by atoms with Crippen LogP contribution in [0.15, 0.2) is 43.2 Å². The fourth-order valence-corrected chi connectivity index (χ4v) is 1.07. The molecule has 0 radical (unpaired) electrons. The van der Waals surface area contributed by atoms with Gasteiger partial charge >= 0.3 is 6.09 Å². The van der Waals surface area contributed by atoms with Crippen molar-refractivity contribution in [1.82, 2.24) is 14.5 Å². The van der Waals surface area contributed by atoms with E-state index in [0.29, 0.717) is 0 Å². The predicted molar refractivity (Wildman–Crippen MR) is 52.0 cm³/mol. The van der Waals surface area contributed by atoms with Crippen molar-refractivity contribution in [3.63, 3.8) is 0 Å². The fraction of sp³-hybridized carbons (Fsp3) is 0.100. The molecule has 2 heterocycles. The van der Waals surface area contributed by atoms with Gasteiger partial charge in [0.1, 0.15) is 12.9 Å². The molecule has 76 valence electrons. The van der Waals surface area contributed by atoms with Crippen LogP contribution in [0, 0.1) is 0 Å². The standard InChI is InChI=1S/C10H9N3O2/c14-10(13-6-5-12-8-13)15-7-9-1-3-11-4-2-9/h1-6,8H,7H2. The first kappa shape index (κ1) is 9.39. The maximum Gasteiger partial charge on any atom is 0.419 e. The summed E-state index contributed by atoms with van der Waals surface area (Å²) in [6.45, 7) is 0.236. The summed E-state index contributed by atoms with van der Waals surface area (Å²) in [6.07, 6.45) is 7.32. The van der Waals surface area contributed by atoms with Gasteiger partial charge in [-0.3, -0.25) is 4.98 Å². The monoisotopic (exact) mass is 203 g/mol. The molecule has 0 amide bonds. The second kappa shape index (κ2) is 4.36. The normalized spacial score (nSPS) is 9.87. The second-order valence-corrected chi connectivity index (χ2v) is 2.88. The zero-order chi connectivity index (χ0) is 10.5. The molecule has 0 atom stereocenters. The molecule has 5 nitrogen and oxygen atoms in total. The van der Waals surface area contributed by atoms with Crippen LogP contribution in [0.5, 0.6) is 0 Å². The third kappa shape index (κ3) is 2.40. The summed E-state index contributed by atoms with van der Waals surface area (Å²) in [5.41, 5.74) is 0.901. The summed E-state index contributed by atoms with van der Waals surface area (Å²) in [7, 11) is 0. The lowest BCUT2D eigenvalue weighted by molar-refractivity contribution is 0.141. The van der Waals surface area contributed by atoms with Gasteiger partial charge in [-0.1, -0.05) is 0 Å². The third-order valence-electron chi connectivity index (χ3n) is 1.83. The molecule has 2 rings (SSSR count). The molecule has 0 aromatic carbocycles. The van der Waals surface area contributed by atoms with Crippen LogP contribution in [0.3, 0.4) is 0 Å². The number of hydrogen-bond donors (Lipinski definition) is 0. The van der Waals surface area contributed by atoms with Crippen LogP contribution in [0.1, 0.15) is 5.56 Å². The zero-order valence-electron chi connectivity index (χ0n) is 7.91. The molecule has 15 heavy (non-hydrogen) atoms. The Hall–Kier alpha value is -2.17. The number of carbonyl (C=O) groups excluding carboxylic acids is 1. The van der Waals surface area contributed by atoms with Gasteiger partial charge in [-0.2, -0.15) is 0 Å². The molecule has 0 aliphatic heterocycles. The Morgan fingerprint density at radius 2 is 2.07 bits per heavy atom. The van der Waals surface area contributed by atoms with E-state index in [0.717, 1.165) is 5.56 Å². The van der Waals surface area contributed by atoms with E-state index < -0.39 is 6.09 Å². The molecular weight excluding hydrogens is 194 g/mol. The highest BCUT2D eigenvalue weighted by Gasteiger charge is 2.04. The van der Waals surface area contributed by atoms with Gasteiger partial charge in [-0.15, -0.1) is 0 Å². The molecule has 0 saturated heterocycles. The lowest BCUT2D eigenvalue weighted by Crippen LogP contribution is -2.11. The minimum absolute atomic E-state index is 0.236. The average Bonchev–Trinajstić information content (AvgIpc) is 2.81. The molecule has 2 aromatic heterocycles. The molecule has 0 N–H and O–H groups in total. The van der Waals surface area contributed by atoms with Crippen LogP contribution in [0.4, 0.5) is 4.79 Å². The van der Waals surface area contributed by atoms with Crippen molar-refractivity contribution in [2.45, 2.75) is 6.61 Å². The second-order valence-electron chi connectivity index (χ2n) is 2.88. The number of carbonyl (C=O) groups is 1. The van der Waals surface area contributed by atoms with Crippen molar-refractivity contribution >= 4 is 6.09 Å². The van der Waals surface area contributed by atoms with Crippen molar-refractivity contribution < 1.29 is 9.53 Å². The van der Waals surface area contributed by atoms with Gasteiger partial charge in [-0.25, -0.2) is 14.3 Å². The van der Waals surface area contributed by atoms with E-state index in [2.05, 4.69) is 9.97 Å². The van der Waals surface area contributed by atoms with Crippen LogP contribution >= 0.6 is 0 Å². The lowest BCUT2D eigenvalue weighted by atomic mass is 10.3. The number of hydrogen-bond acceptors (Lipinski definition) is 4. The predicted octanol–water partition coefficient (Wildman–Crippen LogP) is 1.46. The first-order valence-electron chi connectivity index (χ1n) is 4.40. The molecule has 0 bridgehead atoms. The first-order valence-corrected chi connectivity index (χ1v) is 4.40. The van der Waals surface area contributed by atoms with E-state index >= 15 is 0 Å². The highest BCUT2D eigenvalue weighted by Crippen LogP contribution is 2.00. The fourth-order valence-electron chi connectivity index (χ4n) is 1.07. The summed E-state index contributed by atoms with van der Waals surface area (Å²) < 4.78 is 6.31. The summed E-state index contributed by atoms with van der Waals surface area (Å²) in [6, 6.07) is 3.59. The zero-order valence-corrected chi connectivity index (χ0v) is 7.91. The van der Waals surface area contributed by atoms with Gasteiger partial charge in [0, 0.05) is 24.8 Å². The number of ether oxygens (including phenoxy) is 1. The topological polar surface area (TPSA) is 57.0 Å². The van der Waals surface area contributed by atoms with E-state index in [1.807, 2.05) is 0 Å². The molecule has 0 aliphatic rings. The summed E-state index contributed by atoms with van der Waals surface area (Å²) >= 11 is 0. The van der Waals surface area contributed by atoms with Crippen molar-refractivity contribution in [2.75, 3.05) is 0 Å². The molecule has 0 unspecified atom stereocenters. The smallest absolute Gasteiger partial charge is 0.419 e. The van der Waals surface area contributed by atoms with Gasteiger partial charge in [0.25, 0.3) is 0 Å². The number of imidazole rings is 1. The summed E-state index contributed by atoms with van der Waals surface area (Å²) in [5, 5.41) is 0. The average molecular weight is 203 g/mol. The van der Waals surface area contributed by atoms with Crippen LogP contribution in [-0.2, 0) is 11.3 Å². The van der Waals surface area contributed by atoms with Crippen molar-refractivity contribution in [2.24, 2.45) is 0 Å². The highest BCUT2D eigenvalue weighted by atomic mass is 16.5. The van der Waals surface area contributed by atoms with E-state index in [-0.39, 0.29) is 6.61 Å². The number of nitrogens with zero attached hydrogens (tertiary/aromatic N) is 3. The number of pyridine rings is 1. The maximum atomic E-state index is 11.4. The Bertz CT molecular complexity index is 425. The minimum Gasteiger partial charge on any atom is -0.444 e. The van der Waals surface area contributed by atoms with Crippen LogP contribution in [0.2, 0.25) is 0 Å². The van der Waals surface area contributed by atoms with Crippen LogP contribution < -0.4 is 0 Å². The third-order valence-corrected chi connectivity index (χ3v) is 1.83. The van der Waals surface area contributed by atoms with Gasteiger partial charge in [0.2, 0.25) is 0 Å². The minimum atomic E-state index is -0.440. The SMILES string of the molecule is O=C(OCc1ccncc1)n1ccnc1. The summed E-state index contributed by atoms with van der Waals surface area (Å²) in [4.78, 5) is 19.0. The molecule has 5 heteroatoms.